The highest BCUT2D eigenvalue weighted by atomic mass is 16.6. The Bertz CT molecular complexity index is 722. The van der Waals surface area contributed by atoms with Crippen LogP contribution in [0.4, 0.5) is 0 Å². The first-order valence-electron chi connectivity index (χ1n) is 7.67. The zero-order valence-electron chi connectivity index (χ0n) is 14.0. The van der Waals surface area contributed by atoms with E-state index in [-0.39, 0.29) is 22.8 Å². The van der Waals surface area contributed by atoms with Crippen molar-refractivity contribution < 1.29 is 23.8 Å². The Morgan fingerprint density at radius 1 is 1.00 bits per heavy atom. The van der Waals surface area contributed by atoms with E-state index in [4.69, 9.17) is 14.2 Å². The lowest BCUT2D eigenvalue weighted by atomic mass is 10.0. The molecule has 0 N–H and O–H groups in total. The van der Waals surface area contributed by atoms with Crippen LogP contribution in [-0.4, -0.2) is 26.0 Å². The fourth-order valence-electron chi connectivity index (χ4n) is 2.25. The van der Waals surface area contributed by atoms with E-state index in [0.717, 1.165) is 0 Å². The predicted molar refractivity (Wildman–Crippen MR) is 90.2 cm³/mol. The summed E-state index contributed by atoms with van der Waals surface area (Å²) < 4.78 is 16.0. The first kappa shape index (κ1) is 17.5. The highest BCUT2D eigenvalue weighted by molar-refractivity contribution is 6.01. The SMILES string of the molecule is CCCC(=O)c1cc(OC)cc(OC)c1OC(=O)c1ccccc1. The molecule has 0 fully saturated rings. The number of ether oxygens (including phenoxy) is 3. The number of methoxy groups -OCH3 is 2. The minimum Gasteiger partial charge on any atom is -0.497 e. The summed E-state index contributed by atoms with van der Waals surface area (Å²) in [4.78, 5) is 24.8. The molecule has 5 heteroatoms. The van der Waals surface area contributed by atoms with Gasteiger partial charge in [0.2, 0.25) is 0 Å². The van der Waals surface area contributed by atoms with Crippen LogP contribution in [0.5, 0.6) is 17.2 Å². The van der Waals surface area contributed by atoms with Crippen molar-refractivity contribution in [3.63, 3.8) is 0 Å². The van der Waals surface area contributed by atoms with E-state index < -0.39 is 5.97 Å². The van der Waals surface area contributed by atoms with E-state index in [1.807, 2.05) is 6.92 Å². The van der Waals surface area contributed by atoms with Gasteiger partial charge in [-0.2, -0.15) is 0 Å². The zero-order valence-corrected chi connectivity index (χ0v) is 14.0. The fraction of sp³-hybridized carbons (Fsp3) is 0.263. The fourth-order valence-corrected chi connectivity index (χ4v) is 2.25. The van der Waals surface area contributed by atoms with Crippen molar-refractivity contribution >= 4 is 11.8 Å². The minimum absolute atomic E-state index is 0.116. The maximum Gasteiger partial charge on any atom is 0.343 e. The van der Waals surface area contributed by atoms with Gasteiger partial charge in [0.25, 0.3) is 0 Å². The molecule has 0 saturated heterocycles. The molecular formula is C19H20O5. The molecule has 126 valence electrons. The molecule has 2 aromatic rings. The van der Waals surface area contributed by atoms with Crippen LogP contribution < -0.4 is 14.2 Å². The molecule has 0 amide bonds. The average molecular weight is 328 g/mol. The second-order valence-electron chi connectivity index (χ2n) is 5.14. The smallest absolute Gasteiger partial charge is 0.343 e. The maximum absolute atomic E-state index is 12.4. The summed E-state index contributed by atoms with van der Waals surface area (Å²) in [5.41, 5.74) is 0.668. The molecule has 0 spiro atoms. The van der Waals surface area contributed by atoms with Gasteiger partial charge in [0, 0.05) is 12.5 Å². The van der Waals surface area contributed by atoms with Crippen LogP contribution in [0.25, 0.3) is 0 Å². The van der Waals surface area contributed by atoms with E-state index in [1.165, 1.54) is 14.2 Å². The second-order valence-corrected chi connectivity index (χ2v) is 5.14. The van der Waals surface area contributed by atoms with E-state index >= 15 is 0 Å². The number of rotatable bonds is 7. The Hall–Kier alpha value is -2.82. The number of hydrogen-bond acceptors (Lipinski definition) is 5. The lowest BCUT2D eigenvalue weighted by Crippen LogP contribution is -2.13. The van der Waals surface area contributed by atoms with Crippen LogP contribution in [0.1, 0.15) is 40.5 Å². The zero-order chi connectivity index (χ0) is 17.5. The van der Waals surface area contributed by atoms with Crippen LogP contribution in [0.3, 0.4) is 0 Å². The summed E-state index contributed by atoms with van der Waals surface area (Å²) in [6.07, 6.45) is 1.02. The van der Waals surface area contributed by atoms with Gasteiger partial charge in [-0.05, 0) is 24.6 Å². The van der Waals surface area contributed by atoms with Crippen molar-refractivity contribution in [2.24, 2.45) is 0 Å². The molecule has 0 aliphatic rings. The number of carbonyl (C=O) groups excluding carboxylic acids is 2. The Morgan fingerprint density at radius 2 is 1.71 bits per heavy atom. The summed E-state index contributed by atoms with van der Waals surface area (Å²) in [6.45, 7) is 1.91. The molecule has 24 heavy (non-hydrogen) atoms. The summed E-state index contributed by atoms with van der Waals surface area (Å²) in [7, 11) is 2.95. The van der Waals surface area contributed by atoms with Crippen molar-refractivity contribution in [1.29, 1.82) is 0 Å². The maximum atomic E-state index is 12.4. The first-order chi connectivity index (χ1) is 11.6. The van der Waals surface area contributed by atoms with Crippen LogP contribution in [0.2, 0.25) is 0 Å². The molecule has 0 atom stereocenters. The minimum atomic E-state index is -0.551. The van der Waals surface area contributed by atoms with Crippen molar-refractivity contribution in [2.45, 2.75) is 19.8 Å². The lowest BCUT2D eigenvalue weighted by Gasteiger charge is -2.15. The molecule has 0 radical (unpaired) electrons. The Labute approximate surface area is 141 Å². The van der Waals surface area contributed by atoms with Gasteiger partial charge in [-0.25, -0.2) is 4.79 Å². The van der Waals surface area contributed by atoms with Gasteiger partial charge in [0.1, 0.15) is 5.75 Å². The first-order valence-corrected chi connectivity index (χ1v) is 7.67. The largest absolute Gasteiger partial charge is 0.497 e. The summed E-state index contributed by atoms with van der Waals surface area (Å²) >= 11 is 0. The Kier molecular flexibility index (Phi) is 5.95. The molecule has 2 aromatic carbocycles. The molecule has 0 heterocycles. The summed E-state index contributed by atoms with van der Waals surface area (Å²) in [6, 6.07) is 11.7. The average Bonchev–Trinajstić information content (AvgIpc) is 2.62. The molecular weight excluding hydrogens is 308 g/mol. The molecule has 2 rings (SSSR count). The van der Waals surface area contributed by atoms with Crippen LogP contribution >= 0.6 is 0 Å². The normalized spacial score (nSPS) is 10.1. The molecule has 0 bridgehead atoms. The highest BCUT2D eigenvalue weighted by Gasteiger charge is 2.22. The molecule has 5 nitrogen and oxygen atoms in total. The lowest BCUT2D eigenvalue weighted by molar-refractivity contribution is 0.0727. The third kappa shape index (κ3) is 3.93. The molecule has 0 saturated carbocycles. The number of benzene rings is 2. The van der Waals surface area contributed by atoms with Crippen LogP contribution in [-0.2, 0) is 0 Å². The van der Waals surface area contributed by atoms with Gasteiger partial charge in [-0.1, -0.05) is 25.1 Å². The van der Waals surface area contributed by atoms with Gasteiger partial charge in [-0.3, -0.25) is 4.79 Å². The molecule has 0 aliphatic carbocycles. The van der Waals surface area contributed by atoms with Crippen LogP contribution in [0, 0.1) is 0 Å². The van der Waals surface area contributed by atoms with Gasteiger partial charge in [0.15, 0.2) is 17.3 Å². The summed E-state index contributed by atoms with van der Waals surface area (Å²) in [5.74, 6) is 0.171. The topological polar surface area (TPSA) is 61.8 Å². The number of ketones is 1. The van der Waals surface area contributed by atoms with E-state index in [0.29, 0.717) is 24.2 Å². The molecule has 0 aromatic heterocycles. The quantitative estimate of drug-likeness (QED) is 0.438. The van der Waals surface area contributed by atoms with Crippen molar-refractivity contribution in [3.8, 4) is 17.2 Å². The highest BCUT2D eigenvalue weighted by Crippen LogP contribution is 2.37. The summed E-state index contributed by atoms with van der Waals surface area (Å²) in [5, 5.41) is 0. The number of esters is 1. The number of hydrogen-bond donors (Lipinski definition) is 0. The van der Waals surface area contributed by atoms with Crippen LogP contribution in [0.15, 0.2) is 42.5 Å². The monoisotopic (exact) mass is 328 g/mol. The molecule has 0 aliphatic heterocycles. The van der Waals surface area contributed by atoms with E-state index in [1.54, 1.807) is 42.5 Å². The number of carbonyl (C=O) groups is 2. The van der Waals surface area contributed by atoms with Crippen molar-refractivity contribution in [1.82, 2.24) is 0 Å². The number of Topliss-reactive ketones (excluding diaryl/α,β-unsaturated/α-hetero) is 1. The molecule has 0 unspecified atom stereocenters. The van der Waals surface area contributed by atoms with Crippen molar-refractivity contribution in [3.05, 3.63) is 53.6 Å². The van der Waals surface area contributed by atoms with Gasteiger partial charge >= 0.3 is 5.97 Å². The van der Waals surface area contributed by atoms with E-state index in [2.05, 4.69) is 0 Å². The second kappa shape index (κ2) is 8.15. The van der Waals surface area contributed by atoms with Gasteiger partial charge in [0.05, 0.1) is 25.3 Å². The standard InChI is InChI=1S/C19H20O5/c1-4-8-16(20)15-11-14(22-2)12-17(23-3)18(15)24-19(21)13-9-6-5-7-10-13/h5-7,9-12H,4,8H2,1-3H3. The van der Waals surface area contributed by atoms with Crippen molar-refractivity contribution in [2.75, 3.05) is 14.2 Å². The predicted octanol–water partition coefficient (Wildman–Crippen LogP) is 3.91. The Morgan fingerprint density at radius 3 is 2.29 bits per heavy atom. The Balaban J connectivity index is 2.46. The van der Waals surface area contributed by atoms with E-state index in [9.17, 15) is 9.59 Å². The van der Waals surface area contributed by atoms with Gasteiger partial charge in [-0.15, -0.1) is 0 Å². The van der Waals surface area contributed by atoms with Gasteiger partial charge < -0.3 is 14.2 Å². The third-order valence-electron chi connectivity index (χ3n) is 3.47. The third-order valence-corrected chi connectivity index (χ3v) is 3.47.